The standard InChI is InChI=1S/C14H27NO3/c1-10(2)6-13(8-15)7-14(16)18-12(5)17-9-11(3)4/h9-10,12-13H,6-8,15H2,1-5H3. The Bertz CT molecular complexity index is 270. The summed E-state index contributed by atoms with van der Waals surface area (Å²) in [6, 6.07) is 0. The molecular formula is C14H27NO3. The lowest BCUT2D eigenvalue weighted by molar-refractivity contribution is -0.167. The summed E-state index contributed by atoms with van der Waals surface area (Å²) < 4.78 is 10.4. The van der Waals surface area contributed by atoms with Gasteiger partial charge in [-0.2, -0.15) is 0 Å². The molecule has 0 aliphatic heterocycles. The van der Waals surface area contributed by atoms with E-state index < -0.39 is 6.29 Å². The second kappa shape index (κ2) is 8.97. The quantitative estimate of drug-likeness (QED) is 0.412. The van der Waals surface area contributed by atoms with Crippen LogP contribution in [0.25, 0.3) is 0 Å². The zero-order valence-electron chi connectivity index (χ0n) is 12.2. The van der Waals surface area contributed by atoms with Gasteiger partial charge in [-0.15, -0.1) is 0 Å². The molecule has 0 rings (SSSR count). The van der Waals surface area contributed by atoms with E-state index in [9.17, 15) is 4.79 Å². The van der Waals surface area contributed by atoms with Crippen molar-refractivity contribution in [2.75, 3.05) is 6.54 Å². The third-order valence-corrected chi connectivity index (χ3v) is 2.39. The van der Waals surface area contributed by atoms with Crippen molar-refractivity contribution in [2.24, 2.45) is 17.6 Å². The maximum Gasteiger partial charge on any atom is 0.309 e. The molecule has 2 atom stereocenters. The van der Waals surface area contributed by atoms with Crippen molar-refractivity contribution in [3.8, 4) is 0 Å². The SMILES string of the molecule is CC(C)=COC(C)OC(=O)CC(CN)CC(C)C. The molecule has 0 heterocycles. The number of carbonyl (C=O) groups is 1. The van der Waals surface area contributed by atoms with Gasteiger partial charge in [0.2, 0.25) is 6.29 Å². The lowest BCUT2D eigenvalue weighted by Gasteiger charge is -2.18. The van der Waals surface area contributed by atoms with Crippen LogP contribution in [0.15, 0.2) is 11.8 Å². The summed E-state index contributed by atoms with van der Waals surface area (Å²) in [5.41, 5.74) is 6.68. The van der Waals surface area contributed by atoms with E-state index in [0.717, 1.165) is 12.0 Å². The van der Waals surface area contributed by atoms with Crippen molar-refractivity contribution in [1.29, 1.82) is 0 Å². The Morgan fingerprint density at radius 3 is 2.33 bits per heavy atom. The molecule has 4 nitrogen and oxygen atoms in total. The number of hydrogen-bond acceptors (Lipinski definition) is 4. The Kier molecular flexibility index (Phi) is 8.46. The van der Waals surface area contributed by atoms with Gasteiger partial charge in [-0.3, -0.25) is 4.79 Å². The minimum Gasteiger partial charge on any atom is -0.463 e. The van der Waals surface area contributed by atoms with Gasteiger partial charge >= 0.3 is 5.97 Å². The lowest BCUT2D eigenvalue weighted by atomic mass is 9.94. The Balaban J connectivity index is 4.04. The highest BCUT2D eigenvalue weighted by Gasteiger charge is 2.17. The number of nitrogens with two attached hydrogens (primary N) is 1. The second-order valence-electron chi connectivity index (χ2n) is 5.32. The van der Waals surface area contributed by atoms with Crippen molar-refractivity contribution >= 4 is 5.97 Å². The summed E-state index contributed by atoms with van der Waals surface area (Å²) in [6.45, 7) is 10.3. The van der Waals surface area contributed by atoms with Crippen LogP contribution in [0.1, 0.15) is 47.5 Å². The Hall–Kier alpha value is -1.03. The van der Waals surface area contributed by atoms with E-state index in [1.54, 1.807) is 13.2 Å². The summed E-state index contributed by atoms with van der Waals surface area (Å²) in [5.74, 6) is 0.472. The maximum atomic E-state index is 11.7. The van der Waals surface area contributed by atoms with Gasteiger partial charge < -0.3 is 15.2 Å². The summed E-state index contributed by atoms with van der Waals surface area (Å²) >= 11 is 0. The van der Waals surface area contributed by atoms with Gasteiger partial charge in [0.25, 0.3) is 0 Å². The second-order valence-corrected chi connectivity index (χ2v) is 5.32. The molecule has 0 radical (unpaired) electrons. The Morgan fingerprint density at radius 1 is 1.28 bits per heavy atom. The molecule has 0 aromatic heterocycles. The molecule has 0 spiro atoms. The number of esters is 1. The van der Waals surface area contributed by atoms with Gasteiger partial charge in [0.05, 0.1) is 6.26 Å². The van der Waals surface area contributed by atoms with E-state index in [-0.39, 0.29) is 11.9 Å². The smallest absolute Gasteiger partial charge is 0.309 e. The summed E-state index contributed by atoms with van der Waals surface area (Å²) in [7, 11) is 0. The van der Waals surface area contributed by atoms with Gasteiger partial charge in [-0.05, 0) is 44.2 Å². The van der Waals surface area contributed by atoms with Crippen LogP contribution in [0, 0.1) is 11.8 Å². The van der Waals surface area contributed by atoms with E-state index in [2.05, 4.69) is 13.8 Å². The fourth-order valence-corrected chi connectivity index (χ4v) is 1.66. The number of carbonyl (C=O) groups excluding carboxylic acids is 1. The molecule has 0 bridgehead atoms. The zero-order valence-corrected chi connectivity index (χ0v) is 12.2. The van der Waals surface area contributed by atoms with E-state index in [4.69, 9.17) is 15.2 Å². The molecule has 18 heavy (non-hydrogen) atoms. The zero-order chi connectivity index (χ0) is 14.1. The average molecular weight is 257 g/mol. The summed E-state index contributed by atoms with van der Waals surface area (Å²) in [6.07, 6.45) is 2.34. The van der Waals surface area contributed by atoms with E-state index >= 15 is 0 Å². The molecule has 0 aromatic carbocycles. The largest absolute Gasteiger partial charge is 0.463 e. The van der Waals surface area contributed by atoms with Crippen molar-refractivity contribution < 1.29 is 14.3 Å². The molecule has 0 saturated carbocycles. The molecule has 4 heteroatoms. The minimum atomic E-state index is -0.551. The van der Waals surface area contributed by atoms with E-state index in [0.29, 0.717) is 18.9 Å². The molecular weight excluding hydrogens is 230 g/mol. The summed E-state index contributed by atoms with van der Waals surface area (Å²) in [5, 5.41) is 0. The fourth-order valence-electron chi connectivity index (χ4n) is 1.66. The van der Waals surface area contributed by atoms with E-state index in [1.165, 1.54) is 0 Å². The van der Waals surface area contributed by atoms with Crippen LogP contribution in [0.5, 0.6) is 0 Å². The first-order valence-corrected chi connectivity index (χ1v) is 6.53. The molecule has 2 N–H and O–H groups in total. The highest BCUT2D eigenvalue weighted by Crippen LogP contribution is 2.15. The van der Waals surface area contributed by atoms with Crippen LogP contribution in [-0.4, -0.2) is 18.8 Å². The normalized spacial score (nSPS) is 13.9. The van der Waals surface area contributed by atoms with Gasteiger partial charge in [-0.1, -0.05) is 13.8 Å². The van der Waals surface area contributed by atoms with Gasteiger partial charge in [0, 0.05) is 13.3 Å². The van der Waals surface area contributed by atoms with Crippen molar-refractivity contribution in [3.63, 3.8) is 0 Å². The summed E-state index contributed by atoms with van der Waals surface area (Å²) in [4.78, 5) is 11.7. The number of allylic oxidation sites excluding steroid dienone is 1. The third kappa shape index (κ3) is 9.05. The van der Waals surface area contributed by atoms with Crippen LogP contribution in [0.2, 0.25) is 0 Å². The van der Waals surface area contributed by atoms with Crippen molar-refractivity contribution in [2.45, 2.75) is 53.8 Å². The maximum absolute atomic E-state index is 11.7. The predicted molar refractivity (Wildman–Crippen MR) is 72.7 cm³/mol. The monoisotopic (exact) mass is 257 g/mol. The van der Waals surface area contributed by atoms with Crippen LogP contribution < -0.4 is 5.73 Å². The van der Waals surface area contributed by atoms with Crippen LogP contribution >= 0.6 is 0 Å². The number of ether oxygens (including phenoxy) is 2. The first kappa shape index (κ1) is 17.0. The van der Waals surface area contributed by atoms with Crippen molar-refractivity contribution in [3.05, 3.63) is 11.8 Å². The average Bonchev–Trinajstić information content (AvgIpc) is 2.24. The van der Waals surface area contributed by atoms with Gasteiger partial charge in [-0.25, -0.2) is 0 Å². The molecule has 106 valence electrons. The molecule has 2 unspecified atom stereocenters. The Morgan fingerprint density at radius 2 is 1.89 bits per heavy atom. The van der Waals surface area contributed by atoms with Gasteiger partial charge in [0.1, 0.15) is 0 Å². The third-order valence-electron chi connectivity index (χ3n) is 2.39. The lowest BCUT2D eigenvalue weighted by Crippen LogP contribution is -2.23. The first-order valence-electron chi connectivity index (χ1n) is 6.53. The first-order chi connectivity index (χ1) is 8.35. The Labute approximate surface area is 111 Å². The number of hydrogen-bond donors (Lipinski definition) is 1. The minimum absolute atomic E-state index is 0.188. The molecule has 0 fully saturated rings. The topological polar surface area (TPSA) is 61.5 Å². The molecule has 0 aliphatic rings. The molecule has 0 aliphatic carbocycles. The predicted octanol–water partition coefficient (Wildman–Crippen LogP) is 2.83. The molecule has 0 saturated heterocycles. The van der Waals surface area contributed by atoms with E-state index in [1.807, 2.05) is 13.8 Å². The molecule has 0 aromatic rings. The molecule has 0 amide bonds. The van der Waals surface area contributed by atoms with Crippen LogP contribution in [0.4, 0.5) is 0 Å². The van der Waals surface area contributed by atoms with Crippen molar-refractivity contribution in [1.82, 2.24) is 0 Å². The number of rotatable bonds is 8. The highest BCUT2D eigenvalue weighted by atomic mass is 16.7. The van der Waals surface area contributed by atoms with Gasteiger partial charge in [0.15, 0.2) is 0 Å². The highest BCUT2D eigenvalue weighted by molar-refractivity contribution is 5.69. The van der Waals surface area contributed by atoms with Crippen LogP contribution in [-0.2, 0) is 14.3 Å². The fraction of sp³-hybridized carbons (Fsp3) is 0.786. The van der Waals surface area contributed by atoms with Crippen LogP contribution in [0.3, 0.4) is 0 Å².